The fourth-order valence-electron chi connectivity index (χ4n) is 1.85. The maximum atomic E-state index is 10.6. The fraction of sp³-hybridized carbons (Fsp3) is 0.462. The van der Waals surface area contributed by atoms with Crippen LogP contribution in [0.3, 0.4) is 0 Å². The zero-order chi connectivity index (χ0) is 15.4. The zero-order valence-corrected chi connectivity index (χ0v) is 13.2. The maximum Gasteiger partial charge on any atom is 0.217 e. The number of anilines is 1. The Morgan fingerprint density at radius 3 is 2.05 bits per heavy atom. The first-order chi connectivity index (χ1) is 9.56. The van der Waals surface area contributed by atoms with Gasteiger partial charge in [0.1, 0.15) is 0 Å². The van der Waals surface area contributed by atoms with Gasteiger partial charge < -0.3 is 22.1 Å². The summed E-state index contributed by atoms with van der Waals surface area (Å²) >= 11 is 6.77. The molecule has 0 aliphatic rings. The van der Waals surface area contributed by atoms with E-state index in [-0.39, 0.29) is 0 Å². The number of halogens is 1. The number of benzene rings is 1. The monoisotopic (exact) mass is 318 g/mol. The van der Waals surface area contributed by atoms with E-state index in [0.29, 0.717) is 19.6 Å². The summed E-state index contributed by atoms with van der Waals surface area (Å²) in [5, 5.41) is 0. The van der Waals surface area contributed by atoms with E-state index >= 15 is 0 Å². The summed E-state index contributed by atoms with van der Waals surface area (Å²) in [6.45, 7) is 3.60. The molecule has 0 radical (unpaired) electrons. The highest BCUT2D eigenvalue weighted by Crippen LogP contribution is 2.19. The van der Waals surface area contributed by atoms with Crippen molar-refractivity contribution in [2.24, 2.45) is 17.2 Å². The van der Waals surface area contributed by atoms with E-state index in [1.807, 2.05) is 12.1 Å². The molecule has 0 saturated heterocycles. The van der Waals surface area contributed by atoms with Crippen molar-refractivity contribution < 1.29 is 4.39 Å². The lowest BCUT2D eigenvalue weighted by Gasteiger charge is -2.26. The lowest BCUT2D eigenvalue weighted by molar-refractivity contribution is 0.775. The van der Waals surface area contributed by atoms with E-state index in [4.69, 9.17) is 17.2 Å². The number of nitrogens with zero attached hydrogens (tertiary/aromatic N) is 1. The number of hydrogen-bond donors (Lipinski definition) is 4. The highest BCUT2D eigenvalue weighted by atomic mass is 32.1. The van der Waals surface area contributed by atoms with E-state index < -0.39 is 4.45 Å². The van der Waals surface area contributed by atoms with Crippen LogP contribution in [0.15, 0.2) is 24.3 Å². The van der Waals surface area contributed by atoms with Crippen molar-refractivity contribution in [1.29, 1.82) is 0 Å². The van der Waals surface area contributed by atoms with E-state index in [9.17, 15) is 4.39 Å². The molecule has 1 aromatic carbocycles. The van der Waals surface area contributed by atoms with E-state index in [1.54, 1.807) is 0 Å². The Kier molecular flexibility index (Phi) is 11.6. The predicted molar refractivity (Wildman–Crippen MR) is 92.2 cm³/mol. The molecule has 114 valence electrons. The second-order valence-electron chi connectivity index (χ2n) is 3.98. The minimum absolute atomic E-state index is 0.636. The predicted octanol–water partition coefficient (Wildman–Crippen LogP) is 1.08. The smallest absolute Gasteiger partial charge is 0.217 e. The summed E-state index contributed by atoms with van der Waals surface area (Å²) in [5.74, 6) is 0. The normalized spacial score (nSPS) is 9.65. The van der Waals surface area contributed by atoms with Crippen molar-refractivity contribution in [3.63, 3.8) is 0 Å². The second-order valence-corrected chi connectivity index (χ2v) is 5.04. The average Bonchev–Trinajstić information content (AvgIpc) is 2.39. The molecule has 1 rings (SSSR count). The summed E-state index contributed by atoms with van der Waals surface area (Å²) in [5.41, 5.74) is 19.3. The van der Waals surface area contributed by atoms with Crippen LogP contribution in [0.2, 0.25) is 0 Å². The van der Waals surface area contributed by atoms with E-state index in [0.717, 1.165) is 19.5 Å². The first-order valence-electron chi connectivity index (χ1n) is 6.38. The molecule has 20 heavy (non-hydrogen) atoms. The second kappa shape index (κ2) is 12.0. The molecule has 0 spiro atoms. The van der Waals surface area contributed by atoms with Crippen molar-refractivity contribution in [2.45, 2.75) is 6.42 Å². The molecule has 0 saturated carbocycles. The Morgan fingerprint density at radius 1 is 1.10 bits per heavy atom. The van der Waals surface area contributed by atoms with E-state index in [1.165, 1.54) is 11.3 Å². The Balaban J connectivity index is 0.000000796. The Morgan fingerprint density at radius 2 is 1.60 bits per heavy atom. The quantitative estimate of drug-likeness (QED) is 0.344. The molecule has 1 aromatic rings. The van der Waals surface area contributed by atoms with Gasteiger partial charge in [-0.3, -0.25) is 0 Å². The van der Waals surface area contributed by atoms with Gasteiger partial charge in [-0.2, -0.15) is 4.39 Å². The molecule has 0 aliphatic heterocycles. The van der Waals surface area contributed by atoms with E-state index in [2.05, 4.69) is 41.9 Å². The van der Waals surface area contributed by atoms with Crippen LogP contribution >= 0.6 is 24.8 Å². The highest BCUT2D eigenvalue weighted by Gasteiger charge is 2.08. The number of thiocarbonyl (C=S) groups is 1. The minimum Gasteiger partial charge on any atom is -0.369 e. The summed E-state index contributed by atoms with van der Waals surface area (Å²) in [6, 6.07) is 8.30. The molecular weight excluding hydrogens is 295 g/mol. The van der Waals surface area contributed by atoms with Gasteiger partial charge in [0.2, 0.25) is 4.45 Å². The van der Waals surface area contributed by atoms with Crippen molar-refractivity contribution in [1.82, 2.24) is 0 Å². The minimum atomic E-state index is -0.806. The zero-order valence-electron chi connectivity index (χ0n) is 11.5. The van der Waals surface area contributed by atoms with Crippen molar-refractivity contribution in [3.8, 4) is 0 Å². The van der Waals surface area contributed by atoms with Crippen LogP contribution in [0.4, 0.5) is 10.1 Å². The van der Waals surface area contributed by atoms with Gasteiger partial charge in [-0.15, -0.1) is 12.6 Å². The molecule has 0 amide bonds. The summed E-state index contributed by atoms with van der Waals surface area (Å²) in [7, 11) is 0. The average molecular weight is 318 g/mol. The largest absolute Gasteiger partial charge is 0.369 e. The van der Waals surface area contributed by atoms with Crippen LogP contribution in [-0.2, 0) is 6.42 Å². The van der Waals surface area contributed by atoms with Crippen LogP contribution in [0.1, 0.15) is 5.56 Å². The molecule has 7 heteroatoms. The van der Waals surface area contributed by atoms with Gasteiger partial charge >= 0.3 is 0 Å². The Labute approximate surface area is 130 Å². The van der Waals surface area contributed by atoms with Gasteiger partial charge in [-0.1, -0.05) is 18.2 Å². The van der Waals surface area contributed by atoms with Crippen molar-refractivity contribution >= 4 is 35.0 Å². The molecule has 0 heterocycles. The lowest BCUT2D eigenvalue weighted by atomic mass is 10.1. The topological polar surface area (TPSA) is 81.3 Å². The fourth-order valence-corrected chi connectivity index (χ4v) is 1.85. The summed E-state index contributed by atoms with van der Waals surface area (Å²) in [4.78, 5) is 2.23. The van der Waals surface area contributed by atoms with Gasteiger partial charge in [-0.05, 0) is 36.8 Å². The first kappa shape index (κ1) is 19.3. The van der Waals surface area contributed by atoms with Crippen molar-refractivity contribution in [2.75, 3.05) is 37.6 Å². The molecule has 6 N–H and O–H groups in total. The lowest BCUT2D eigenvalue weighted by Crippen LogP contribution is -2.34. The van der Waals surface area contributed by atoms with Gasteiger partial charge in [0.25, 0.3) is 0 Å². The maximum absolute atomic E-state index is 10.6. The third-order valence-corrected chi connectivity index (χ3v) is 2.54. The van der Waals surface area contributed by atoms with Gasteiger partial charge in [0.05, 0.1) is 0 Å². The van der Waals surface area contributed by atoms with Gasteiger partial charge in [0.15, 0.2) is 0 Å². The molecular formula is C13H23FN4S2. The molecule has 0 unspecified atom stereocenters. The summed E-state index contributed by atoms with van der Waals surface area (Å²) < 4.78 is 9.79. The SMILES string of the molecule is FC(=S)S.NCCc1ccccc1N(CCN)CCN. The highest BCUT2D eigenvalue weighted by molar-refractivity contribution is 8.10. The van der Waals surface area contributed by atoms with Crippen LogP contribution < -0.4 is 22.1 Å². The summed E-state index contributed by atoms with van der Waals surface area (Å²) in [6.07, 6.45) is 0.891. The number of rotatable bonds is 7. The Hall–Kier alpha value is -0.730. The number of nitrogens with two attached hydrogens (primary N) is 3. The van der Waals surface area contributed by atoms with Crippen molar-refractivity contribution in [3.05, 3.63) is 29.8 Å². The van der Waals surface area contributed by atoms with Crippen LogP contribution in [0, 0.1) is 0 Å². The van der Waals surface area contributed by atoms with Gasteiger partial charge in [0, 0.05) is 31.9 Å². The van der Waals surface area contributed by atoms with Crippen LogP contribution in [-0.4, -0.2) is 37.2 Å². The number of thiol groups is 1. The first-order valence-corrected chi connectivity index (χ1v) is 7.23. The number of para-hydroxylation sites is 1. The van der Waals surface area contributed by atoms with Crippen LogP contribution in [0.5, 0.6) is 0 Å². The molecule has 0 atom stereocenters. The molecule has 4 nitrogen and oxygen atoms in total. The molecule has 0 bridgehead atoms. The third kappa shape index (κ3) is 8.44. The third-order valence-electron chi connectivity index (χ3n) is 2.54. The number of hydrogen-bond acceptors (Lipinski definition) is 5. The Bertz CT molecular complexity index is 380. The molecule has 0 aliphatic carbocycles. The van der Waals surface area contributed by atoms with Crippen LogP contribution in [0.25, 0.3) is 0 Å². The standard InChI is InChI=1S/C12H22N4.CHFS2/c13-6-5-11-3-1-2-4-12(11)16(9-7-14)10-8-15;2-1(3)4/h1-4H,5-10,13-15H2;(H,3,4). The molecule has 0 fully saturated rings. The van der Waals surface area contributed by atoms with Gasteiger partial charge in [-0.25, -0.2) is 0 Å². The molecule has 0 aromatic heterocycles.